The summed E-state index contributed by atoms with van der Waals surface area (Å²) in [6, 6.07) is 2.16. The number of nitrogens with one attached hydrogen (secondary N) is 1. The molecular formula is C18H22N4OS. The average molecular weight is 342 g/mol. The van der Waals surface area contributed by atoms with Crippen LogP contribution in [0.4, 0.5) is 0 Å². The summed E-state index contributed by atoms with van der Waals surface area (Å²) < 4.78 is 0. The van der Waals surface area contributed by atoms with Crippen molar-refractivity contribution in [2.75, 3.05) is 13.1 Å². The highest BCUT2D eigenvalue weighted by Crippen LogP contribution is 2.22. The van der Waals surface area contributed by atoms with Crippen LogP contribution in [0.25, 0.3) is 0 Å². The van der Waals surface area contributed by atoms with Crippen molar-refractivity contribution in [1.82, 2.24) is 14.9 Å². The molecule has 2 aliphatic rings. The summed E-state index contributed by atoms with van der Waals surface area (Å²) in [6.07, 6.45) is 4.03. The maximum Gasteiger partial charge on any atom is 0.255 e. The van der Waals surface area contributed by atoms with E-state index in [-0.39, 0.29) is 5.56 Å². The second-order valence-electron chi connectivity index (χ2n) is 6.61. The summed E-state index contributed by atoms with van der Waals surface area (Å²) in [5.74, 6) is 0.695. The van der Waals surface area contributed by atoms with Gasteiger partial charge in [0, 0.05) is 37.5 Å². The third-order valence-corrected chi connectivity index (χ3v) is 5.89. The number of hydrogen-bond acceptors (Lipinski definition) is 5. The van der Waals surface area contributed by atoms with Crippen LogP contribution in [0.1, 0.15) is 46.8 Å². The minimum absolute atomic E-state index is 0.0101. The Morgan fingerprint density at radius 2 is 2.25 bits per heavy atom. The van der Waals surface area contributed by atoms with Crippen LogP contribution >= 0.6 is 11.3 Å². The molecule has 0 aromatic carbocycles. The first-order chi connectivity index (χ1) is 11.7. The maximum atomic E-state index is 12.6. The molecule has 0 radical (unpaired) electrons. The third-order valence-electron chi connectivity index (χ3n) is 4.88. The summed E-state index contributed by atoms with van der Waals surface area (Å²) in [7, 11) is 0. The van der Waals surface area contributed by atoms with E-state index in [2.05, 4.69) is 33.2 Å². The van der Waals surface area contributed by atoms with E-state index in [9.17, 15) is 4.79 Å². The largest absolute Gasteiger partial charge is 0.305 e. The lowest BCUT2D eigenvalue weighted by molar-refractivity contribution is 0.243. The summed E-state index contributed by atoms with van der Waals surface area (Å²) >= 11 is 1.79. The molecule has 2 aromatic rings. The fraction of sp³-hybridized carbons (Fsp3) is 0.500. The van der Waals surface area contributed by atoms with Crippen LogP contribution in [0.15, 0.2) is 21.2 Å². The van der Waals surface area contributed by atoms with Crippen molar-refractivity contribution in [3.05, 3.63) is 49.3 Å². The van der Waals surface area contributed by atoms with Gasteiger partial charge in [-0.25, -0.2) is 4.98 Å². The molecule has 24 heavy (non-hydrogen) atoms. The highest BCUT2D eigenvalue weighted by atomic mass is 32.1. The fourth-order valence-corrected chi connectivity index (χ4v) is 4.36. The molecule has 0 saturated carbocycles. The van der Waals surface area contributed by atoms with Gasteiger partial charge in [-0.2, -0.15) is 0 Å². The smallest absolute Gasteiger partial charge is 0.255 e. The van der Waals surface area contributed by atoms with Crippen molar-refractivity contribution in [1.29, 1.82) is 0 Å². The van der Waals surface area contributed by atoms with Crippen LogP contribution in [-0.4, -0.2) is 33.7 Å². The van der Waals surface area contributed by atoms with Crippen molar-refractivity contribution < 1.29 is 0 Å². The molecule has 0 bridgehead atoms. The van der Waals surface area contributed by atoms with Gasteiger partial charge < -0.3 is 4.98 Å². The standard InChI is InChI=1S/C18H22N4OS/c1-12-6-9-24-16(12)11-22-8-5-14-13(10-22)18(23)21-17(20-14)15-4-2-3-7-19-15/h6,9H,2-5,7-8,10-11H2,1H3,(H,20,21,23). The highest BCUT2D eigenvalue weighted by Gasteiger charge is 2.23. The number of aryl methyl sites for hydroxylation is 1. The van der Waals surface area contributed by atoms with Crippen LogP contribution in [0.3, 0.4) is 0 Å². The van der Waals surface area contributed by atoms with E-state index in [1.54, 1.807) is 11.3 Å². The molecule has 126 valence electrons. The van der Waals surface area contributed by atoms with E-state index in [4.69, 9.17) is 4.98 Å². The van der Waals surface area contributed by atoms with Crippen molar-refractivity contribution in [3.8, 4) is 0 Å². The van der Waals surface area contributed by atoms with Gasteiger partial charge in [0.05, 0.1) is 17.0 Å². The second kappa shape index (κ2) is 6.61. The molecule has 0 saturated heterocycles. The molecule has 0 fully saturated rings. The lowest BCUT2D eigenvalue weighted by Gasteiger charge is -2.27. The molecule has 6 heteroatoms. The number of nitrogens with zero attached hydrogens (tertiary/aromatic N) is 3. The number of aromatic amines is 1. The minimum atomic E-state index is 0.0101. The summed E-state index contributed by atoms with van der Waals surface area (Å²) in [5.41, 5.74) is 4.11. The molecule has 4 rings (SSSR count). The Morgan fingerprint density at radius 1 is 1.33 bits per heavy atom. The number of rotatable bonds is 3. The van der Waals surface area contributed by atoms with E-state index >= 15 is 0 Å². The molecule has 2 aliphatic heterocycles. The third kappa shape index (κ3) is 3.08. The zero-order valence-corrected chi connectivity index (χ0v) is 14.8. The Hall–Kier alpha value is -1.79. The van der Waals surface area contributed by atoms with Gasteiger partial charge in [0.15, 0.2) is 5.82 Å². The SMILES string of the molecule is Cc1ccsc1CN1CCc2nc(C3=NCCCC3)[nH]c(=O)c2C1. The fourth-order valence-electron chi connectivity index (χ4n) is 3.41. The van der Waals surface area contributed by atoms with Gasteiger partial charge in [0.1, 0.15) is 0 Å². The van der Waals surface area contributed by atoms with E-state index in [0.717, 1.165) is 62.3 Å². The summed E-state index contributed by atoms with van der Waals surface area (Å²) in [4.78, 5) is 28.5. The van der Waals surface area contributed by atoms with Crippen LogP contribution in [0.5, 0.6) is 0 Å². The van der Waals surface area contributed by atoms with Crippen LogP contribution in [0.2, 0.25) is 0 Å². The Bertz CT molecular complexity index is 836. The van der Waals surface area contributed by atoms with Crippen molar-refractivity contribution in [3.63, 3.8) is 0 Å². The van der Waals surface area contributed by atoms with Gasteiger partial charge in [0.2, 0.25) is 0 Å². The van der Waals surface area contributed by atoms with Crippen LogP contribution in [0, 0.1) is 6.92 Å². The first kappa shape index (κ1) is 15.7. The van der Waals surface area contributed by atoms with E-state index < -0.39 is 0 Å². The zero-order valence-electron chi connectivity index (χ0n) is 14.0. The maximum absolute atomic E-state index is 12.6. The lowest BCUT2D eigenvalue weighted by Crippen LogP contribution is -2.36. The normalized spacial score (nSPS) is 18.3. The molecule has 0 amide bonds. The molecular weight excluding hydrogens is 320 g/mol. The van der Waals surface area contributed by atoms with E-state index in [1.807, 2.05) is 0 Å². The van der Waals surface area contributed by atoms with Gasteiger partial charge in [0.25, 0.3) is 5.56 Å². The number of aliphatic imine (C=N–C) groups is 1. The van der Waals surface area contributed by atoms with Crippen LogP contribution < -0.4 is 5.56 Å². The quantitative estimate of drug-likeness (QED) is 0.933. The van der Waals surface area contributed by atoms with Gasteiger partial charge in [-0.15, -0.1) is 11.3 Å². The molecule has 0 unspecified atom stereocenters. The Balaban J connectivity index is 1.57. The Morgan fingerprint density at radius 3 is 3.00 bits per heavy atom. The van der Waals surface area contributed by atoms with Gasteiger partial charge in [-0.05, 0) is 43.2 Å². The van der Waals surface area contributed by atoms with Crippen molar-refractivity contribution >= 4 is 17.0 Å². The van der Waals surface area contributed by atoms with Gasteiger partial charge in [-0.3, -0.25) is 14.7 Å². The lowest BCUT2D eigenvalue weighted by atomic mass is 10.0. The highest BCUT2D eigenvalue weighted by molar-refractivity contribution is 7.10. The number of thiophene rings is 1. The second-order valence-corrected chi connectivity index (χ2v) is 7.61. The Kier molecular flexibility index (Phi) is 4.33. The summed E-state index contributed by atoms with van der Waals surface area (Å²) in [5, 5.41) is 2.13. The van der Waals surface area contributed by atoms with E-state index in [0.29, 0.717) is 12.4 Å². The molecule has 0 aliphatic carbocycles. The van der Waals surface area contributed by atoms with Crippen molar-refractivity contribution in [2.45, 2.75) is 45.7 Å². The van der Waals surface area contributed by atoms with Gasteiger partial charge in [-0.1, -0.05) is 0 Å². The predicted molar refractivity (Wildman–Crippen MR) is 97.0 cm³/mol. The number of H-pyrrole nitrogens is 1. The molecule has 2 aromatic heterocycles. The number of fused-ring (bicyclic) bond motifs is 1. The topological polar surface area (TPSA) is 61.4 Å². The predicted octanol–water partition coefficient (Wildman–Crippen LogP) is 2.67. The van der Waals surface area contributed by atoms with Gasteiger partial charge >= 0.3 is 0 Å². The first-order valence-corrected chi connectivity index (χ1v) is 9.50. The zero-order chi connectivity index (χ0) is 16.5. The molecule has 4 heterocycles. The monoisotopic (exact) mass is 342 g/mol. The Labute approximate surface area is 145 Å². The molecule has 1 N–H and O–H groups in total. The van der Waals surface area contributed by atoms with Crippen molar-refractivity contribution in [2.24, 2.45) is 4.99 Å². The minimum Gasteiger partial charge on any atom is -0.305 e. The number of aromatic nitrogens is 2. The number of hydrogen-bond donors (Lipinski definition) is 1. The summed E-state index contributed by atoms with van der Waals surface area (Å²) in [6.45, 7) is 5.55. The van der Waals surface area contributed by atoms with E-state index in [1.165, 1.54) is 10.4 Å². The first-order valence-electron chi connectivity index (χ1n) is 8.62. The molecule has 5 nitrogen and oxygen atoms in total. The molecule has 0 atom stereocenters. The molecule has 0 spiro atoms. The van der Waals surface area contributed by atoms with Crippen LogP contribution in [-0.2, 0) is 19.5 Å². The average Bonchev–Trinajstić information content (AvgIpc) is 3.01.